The lowest BCUT2D eigenvalue weighted by atomic mass is 9.88. The first kappa shape index (κ1) is 12.6. The highest BCUT2D eigenvalue weighted by atomic mass is 16.6. The van der Waals surface area contributed by atoms with Gasteiger partial charge in [-0.3, -0.25) is 10.1 Å². The van der Waals surface area contributed by atoms with Crippen LogP contribution in [0.3, 0.4) is 0 Å². The summed E-state index contributed by atoms with van der Waals surface area (Å²) in [6.07, 6.45) is 2.55. The van der Waals surface area contributed by atoms with Crippen LogP contribution >= 0.6 is 0 Å². The first-order valence-corrected chi connectivity index (χ1v) is 7.48. The molecule has 2 fully saturated rings. The molecule has 0 unspecified atom stereocenters. The number of hydrogen-bond donors (Lipinski definition) is 0. The molecule has 2 aromatic carbocycles. The Balaban J connectivity index is 1.90. The van der Waals surface area contributed by atoms with Gasteiger partial charge in [-0.1, -0.05) is 60.7 Å². The van der Waals surface area contributed by atoms with E-state index in [2.05, 4.69) is 12.1 Å². The Kier molecular flexibility index (Phi) is 2.49. The lowest BCUT2D eigenvalue weighted by Crippen LogP contribution is -2.27. The minimum atomic E-state index is -0.796. The Morgan fingerprint density at radius 3 is 2.19 bits per heavy atom. The van der Waals surface area contributed by atoms with E-state index in [9.17, 15) is 10.1 Å². The first-order valence-electron chi connectivity index (χ1n) is 7.48. The molecule has 0 saturated heterocycles. The fourth-order valence-electron chi connectivity index (χ4n) is 4.81. The molecule has 3 nitrogen and oxygen atoms in total. The molecule has 0 aromatic heterocycles. The van der Waals surface area contributed by atoms with E-state index >= 15 is 0 Å². The van der Waals surface area contributed by atoms with Gasteiger partial charge < -0.3 is 0 Å². The standard InChI is InChI=1S/C18H17NO2/c20-19(21)18-13-7-12-17(18,15-10-5-2-6-11-15)16(18)14-8-3-1-4-9-14/h1-6,8-11,16H,7,12-13H2/t16-,17-,18+/m0/s1. The number of fused-ring (bicyclic) bond motifs is 1. The Labute approximate surface area is 123 Å². The van der Waals surface area contributed by atoms with E-state index in [1.807, 2.05) is 48.5 Å². The Morgan fingerprint density at radius 1 is 0.952 bits per heavy atom. The molecule has 0 bridgehead atoms. The Hall–Kier alpha value is -2.16. The minimum Gasteiger partial charge on any atom is -0.264 e. The molecule has 0 aliphatic heterocycles. The van der Waals surface area contributed by atoms with Gasteiger partial charge in [0.15, 0.2) is 0 Å². The quantitative estimate of drug-likeness (QED) is 0.631. The highest BCUT2D eigenvalue weighted by Crippen LogP contribution is 2.77. The van der Waals surface area contributed by atoms with Crippen molar-refractivity contribution in [1.29, 1.82) is 0 Å². The van der Waals surface area contributed by atoms with E-state index < -0.39 is 5.54 Å². The largest absolute Gasteiger partial charge is 0.264 e. The van der Waals surface area contributed by atoms with Crippen molar-refractivity contribution in [2.45, 2.75) is 36.1 Å². The van der Waals surface area contributed by atoms with Gasteiger partial charge in [-0.15, -0.1) is 0 Å². The summed E-state index contributed by atoms with van der Waals surface area (Å²) in [6, 6.07) is 20.1. The molecule has 0 spiro atoms. The van der Waals surface area contributed by atoms with Crippen LogP contribution in [0.5, 0.6) is 0 Å². The fraction of sp³-hybridized carbons (Fsp3) is 0.333. The topological polar surface area (TPSA) is 43.1 Å². The average Bonchev–Trinajstić information content (AvgIpc) is 2.94. The summed E-state index contributed by atoms with van der Waals surface area (Å²) < 4.78 is 0. The van der Waals surface area contributed by atoms with Crippen LogP contribution in [0.4, 0.5) is 0 Å². The van der Waals surface area contributed by atoms with Gasteiger partial charge >= 0.3 is 0 Å². The predicted octanol–water partition coefficient (Wildman–Crippen LogP) is 3.92. The van der Waals surface area contributed by atoms with Gasteiger partial charge in [0.1, 0.15) is 0 Å². The van der Waals surface area contributed by atoms with E-state index in [-0.39, 0.29) is 16.3 Å². The molecule has 2 aliphatic carbocycles. The summed E-state index contributed by atoms with van der Waals surface area (Å²) in [7, 11) is 0. The van der Waals surface area contributed by atoms with Crippen LogP contribution in [0.1, 0.15) is 36.3 Å². The first-order chi connectivity index (χ1) is 10.2. The second kappa shape index (κ2) is 4.17. The molecule has 3 heteroatoms. The molecular weight excluding hydrogens is 262 g/mol. The summed E-state index contributed by atoms with van der Waals surface area (Å²) in [5.41, 5.74) is 1.14. The molecule has 106 valence electrons. The summed E-state index contributed by atoms with van der Waals surface area (Å²) in [5.74, 6) is 0.0114. The van der Waals surface area contributed by atoms with Gasteiger partial charge in [-0.25, -0.2) is 0 Å². The van der Waals surface area contributed by atoms with E-state index in [0.29, 0.717) is 6.42 Å². The smallest absolute Gasteiger partial charge is 0.240 e. The third-order valence-electron chi connectivity index (χ3n) is 5.54. The number of hydrogen-bond acceptors (Lipinski definition) is 2. The summed E-state index contributed by atoms with van der Waals surface area (Å²) in [4.78, 5) is 11.9. The number of rotatable bonds is 3. The van der Waals surface area contributed by atoms with Crippen molar-refractivity contribution >= 4 is 0 Å². The fourth-order valence-corrected chi connectivity index (χ4v) is 4.81. The molecular formula is C18H17NO2. The summed E-state index contributed by atoms with van der Waals surface area (Å²) >= 11 is 0. The molecule has 0 heterocycles. The monoisotopic (exact) mass is 279 g/mol. The normalized spacial score (nSPS) is 33.4. The van der Waals surface area contributed by atoms with Crippen LogP contribution in [0.2, 0.25) is 0 Å². The van der Waals surface area contributed by atoms with Crippen LogP contribution in [-0.4, -0.2) is 10.5 Å². The van der Waals surface area contributed by atoms with Gasteiger partial charge in [0.2, 0.25) is 5.54 Å². The SMILES string of the molecule is O=[N+]([O-])[C@@]12CCC[C@]1(c1ccccc1)[C@@H]2c1ccccc1. The predicted molar refractivity (Wildman–Crippen MR) is 80.9 cm³/mol. The number of nitrogens with zero attached hydrogens (tertiary/aromatic N) is 1. The van der Waals surface area contributed by atoms with Crippen molar-refractivity contribution in [3.63, 3.8) is 0 Å². The van der Waals surface area contributed by atoms with Crippen molar-refractivity contribution in [2.24, 2.45) is 0 Å². The molecule has 2 saturated carbocycles. The Bertz CT molecular complexity index is 685. The van der Waals surface area contributed by atoms with Crippen molar-refractivity contribution < 1.29 is 4.92 Å². The molecule has 2 aromatic rings. The maximum absolute atomic E-state index is 11.9. The zero-order valence-electron chi connectivity index (χ0n) is 11.7. The summed E-state index contributed by atoms with van der Waals surface area (Å²) in [6.45, 7) is 0. The zero-order valence-corrected chi connectivity index (χ0v) is 11.7. The third-order valence-corrected chi connectivity index (χ3v) is 5.54. The van der Waals surface area contributed by atoms with Crippen LogP contribution in [-0.2, 0) is 5.41 Å². The van der Waals surface area contributed by atoms with Gasteiger partial charge in [0, 0.05) is 11.3 Å². The van der Waals surface area contributed by atoms with E-state index in [1.54, 1.807) is 0 Å². The van der Waals surface area contributed by atoms with Gasteiger partial charge in [0.25, 0.3) is 0 Å². The Morgan fingerprint density at radius 2 is 1.57 bits per heavy atom. The lowest BCUT2D eigenvalue weighted by molar-refractivity contribution is -0.543. The van der Waals surface area contributed by atoms with E-state index in [4.69, 9.17) is 0 Å². The maximum atomic E-state index is 11.9. The molecule has 4 rings (SSSR count). The molecule has 21 heavy (non-hydrogen) atoms. The summed E-state index contributed by atoms with van der Waals surface area (Å²) in [5, 5.41) is 11.9. The highest BCUT2D eigenvalue weighted by Gasteiger charge is 2.88. The molecule has 3 atom stereocenters. The van der Waals surface area contributed by atoms with Crippen LogP contribution in [0.25, 0.3) is 0 Å². The van der Waals surface area contributed by atoms with Crippen molar-refractivity contribution in [2.75, 3.05) is 0 Å². The van der Waals surface area contributed by atoms with Crippen molar-refractivity contribution in [1.82, 2.24) is 0 Å². The van der Waals surface area contributed by atoms with Gasteiger partial charge in [0.05, 0.1) is 11.3 Å². The van der Waals surface area contributed by atoms with Gasteiger partial charge in [-0.2, -0.15) is 0 Å². The second-order valence-electron chi connectivity index (χ2n) is 6.22. The second-order valence-corrected chi connectivity index (χ2v) is 6.22. The van der Waals surface area contributed by atoms with Gasteiger partial charge in [-0.05, 0) is 24.0 Å². The number of nitro groups is 1. The van der Waals surface area contributed by atoms with E-state index in [0.717, 1.165) is 24.0 Å². The van der Waals surface area contributed by atoms with Crippen LogP contribution in [0.15, 0.2) is 60.7 Å². The lowest BCUT2D eigenvalue weighted by Gasteiger charge is -2.13. The van der Waals surface area contributed by atoms with Crippen molar-refractivity contribution in [3.8, 4) is 0 Å². The maximum Gasteiger partial charge on any atom is 0.240 e. The molecule has 0 radical (unpaired) electrons. The average molecular weight is 279 g/mol. The zero-order chi connectivity index (χ0) is 14.5. The van der Waals surface area contributed by atoms with E-state index in [1.165, 1.54) is 0 Å². The third kappa shape index (κ3) is 1.39. The molecule has 0 amide bonds. The molecule has 2 aliphatic rings. The molecule has 0 N–H and O–H groups in total. The minimum absolute atomic E-state index is 0.00463. The van der Waals surface area contributed by atoms with Crippen molar-refractivity contribution in [3.05, 3.63) is 81.9 Å². The number of benzene rings is 2. The van der Waals surface area contributed by atoms with Crippen LogP contribution < -0.4 is 0 Å². The van der Waals surface area contributed by atoms with Crippen LogP contribution in [0, 0.1) is 10.1 Å². The highest BCUT2D eigenvalue weighted by molar-refractivity contribution is 5.54.